The van der Waals surface area contributed by atoms with Gasteiger partial charge in [0.25, 0.3) is 0 Å². The largest absolute Gasteiger partial charge is 0.290 e. The van der Waals surface area contributed by atoms with E-state index in [1.807, 2.05) is 30.7 Å². The smallest absolute Gasteiger partial charge is 0.148 e. The van der Waals surface area contributed by atoms with Crippen LogP contribution in [0.3, 0.4) is 0 Å². The number of benzene rings is 3. The van der Waals surface area contributed by atoms with Crippen LogP contribution in [0.15, 0.2) is 85.3 Å². The highest BCUT2D eigenvalue weighted by atomic mass is 15.0. The lowest BCUT2D eigenvalue weighted by molar-refractivity contribution is 1.24. The molecule has 0 radical (unpaired) electrons. The maximum Gasteiger partial charge on any atom is 0.148 e. The SMILES string of the molecule is c1ccc2c(c1)Cc1ccc3c(c1-2)Cc1c-3ccc2c1nc1c3cnccc3c3ncccc3n21. The van der Waals surface area contributed by atoms with E-state index in [4.69, 9.17) is 9.97 Å². The zero-order valence-electron chi connectivity index (χ0n) is 18.8. The number of pyridine rings is 3. The van der Waals surface area contributed by atoms with Gasteiger partial charge in [0, 0.05) is 35.8 Å². The molecule has 7 aromatic rings. The minimum Gasteiger partial charge on any atom is -0.290 e. The van der Waals surface area contributed by atoms with E-state index in [9.17, 15) is 0 Å². The van der Waals surface area contributed by atoms with Gasteiger partial charge in [0.1, 0.15) is 5.65 Å². The van der Waals surface area contributed by atoms with Crippen molar-refractivity contribution < 1.29 is 0 Å². The molecular weight excluding hydrogens is 428 g/mol. The maximum absolute atomic E-state index is 5.28. The first-order valence-corrected chi connectivity index (χ1v) is 12.0. The molecule has 4 heteroatoms. The molecule has 3 aromatic carbocycles. The average Bonchev–Trinajstić information content (AvgIpc) is 3.59. The first-order valence-electron chi connectivity index (χ1n) is 12.0. The fraction of sp³-hybridized carbons (Fsp3) is 0.0645. The van der Waals surface area contributed by atoms with Crippen molar-refractivity contribution in [3.63, 3.8) is 0 Å². The number of fused-ring (bicyclic) bond motifs is 16. The van der Waals surface area contributed by atoms with E-state index in [0.29, 0.717) is 0 Å². The molecule has 0 aliphatic heterocycles. The summed E-state index contributed by atoms with van der Waals surface area (Å²) in [6.07, 6.45) is 7.55. The third-order valence-corrected chi connectivity index (χ3v) is 7.99. The Labute approximate surface area is 200 Å². The van der Waals surface area contributed by atoms with Gasteiger partial charge < -0.3 is 0 Å². The lowest BCUT2D eigenvalue weighted by Crippen LogP contribution is -1.93. The summed E-state index contributed by atoms with van der Waals surface area (Å²) in [5, 5.41) is 2.13. The van der Waals surface area contributed by atoms with Gasteiger partial charge in [-0.15, -0.1) is 0 Å². The molecule has 0 saturated carbocycles. The first-order chi connectivity index (χ1) is 17.4. The van der Waals surface area contributed by atoms with Crippen LogP contribution in [0.1, 0.15) is 22.3 Å². The van der Waals surface area contributed by atoms with Crippen LogP contribution >= 0.6 is 0 Å². The van der Waals surface area contributed by atoms with Gasteiger partial charge in [-0.3, -0.25) is 14.4 Å². The molecule has 0 fully saturated rings. The summed E-state index contributed by atoms with van der Waals surface area (Å²) in [6, 6.07) is 24.2. The van der Waals surface area contributed by atoms with Gasteiger partial charge in [-0.05, 0) is 75.2 Å². The zero-order valence-corrected chi connectivity index (χ0v) is 18.8. The summed E-state index contributed by atoms with van der Waals surface area (Å²) in [7, 11) is 0. The molecule has 2 aliphatic carbocycles. The summed E-state index contributed by atoms with van der Waals surface area (Å²) in [6.45, 7) is 0. The second-order valence-corrected chi connectivity index (χ2v) is 9.66. The van der Waals surface area contributed by atoms with E-state index in [0.717, 1.165) is 51.3 Å². The number of hydrogen-bond donors (Lipinski definition) is 0. The third kappa shape index (κ3) is 2.11. The Morgan fingerprint density at radius 3 is 2.51 bits per heavy atom. The minimum atomic E-state index is 0.912. The van der Waals surface area contributed by atoms with Crippen molar-refractivity contribution in [3.05, 3.63) is 108 Å². The second kappa shape index (κ2) is 6.10. The molecule has 0 saturated heterocycles. The monoisotopic (exact) mass is 446 g/mol. The standard InChI is InChI=1S/C31H18N4/c1-2-5-19-17(4-1)14-18-7-8-20-21-9-10-27-30(24(21)15-23(20)28(18)19)34-31-25-16-32-13-11-22(25)29-26(35(27)31)6-3-12-33-29/h1-13,16H,14-15H2. The van der Waals surface area contributed by atoms with Gasteiger partial charge in [0.05, 0.1) is 22.1 Å². The quantitative estimate of drug-likeness (QED) is 0.243. The van der Waals surface area contributed by atoms with E-state index in [1.165, 1.54) is 44.5 Å². The number of imidazole rings is 1. The fourth-order valence-electron chi connectivity index (χ4n) is 6.53. The highest BCUT2D eigenvalue weighted by Crippen LogP contribution is 2.49. The Balaban J connectivity index is 1.39. The first kappa shape index (κ1) is 17.8. The Kier molecular flexibility index (Phi) is 3.11. The number of nitrogens with zero attached hydrogens (tertiary/aromatic N) is 4. The van der Waals surface area contributed by atoms with Crippen molar-refractivity contribution in [3.8, 4) is 22.3 Å². The van der Waals surface area contributed by atoms with E-state index < -0.39 is 0 Å². The summed E-state index contributed by atoms with van der Waals surface area (Å²) in [5.41, 5.74) is 16.4. The maximum atomic E-state index is 5.28. The molecule has 0 N–H and O–H groups in total. The third-order valence-electron chi connectivity index (χ3n) is 7.99. The summed E-state index contributed by atoms with van der Waals surface area (Å²) >= 11 is 0. The molecule has 0 bridgehead atoms. The van der Waals surface area contributed by atoms with Crippen LogP contribution in [0.4, 0.5) is 0 Å². The molecule has 0 spiro atoms. The van der Waals surface area contributed by atoms with Crippen LogP contribution in [-0.4, -0.2) is 19.4 Å². The normalized spacial score (nSPS) is 13.5. The molecule has 162 valence electrons. The minimum absolute atomic E-state index is 0.912. The summed E-state index contributed by atoms with van der Waals surface area (Å²) < 4.78 is 2.27. The molecule has 35 heavy (non-hydrogen) atoms. The van der Waals surface area contributed by atoms with Crippen LogP contribution < -0.4 is 0 Å². The Hall–Kier alpha value is -4.57. The van der Waals surface area contributed by atoms with Crippen molar-refractivity contribution in [2.75, 3.05) is 0 Å². The topological polar surface area (TPSA) is 43.1 Å². The van der Waals surface area contributed by atoms with Crippen LogP contribution in [0, 0.1) is 0 Å². The Morgan fingerprint density at radius 2 is 1.51 bits per heavy atom. The molecule has 0 amide bonds. The van der Waals surface area contributed by atoms with Crippen molar-refractivity contribution in [2.24, 2.45) is 0 Å². The van der Waals surface area contributed by atoms with Crippen LogP contribution in [-0.2, 0) is 12.8 Å². The molecule has 0 atom stereocenters. The molecule has 9 rings (SSSR count). The predicted molar refractivity (Wildman–Crippen MR) is 140 cm³/mol. The van der Waals surface area contributed by atoms with Gasteiger partial charge in [0.15, 0.2) is 0 Å². The van der Waals surface area contributed by atoms with E-state index in [1.54, 1.807) is 0 Å². The van der Waals surface area contributed by atoms with Gasteiger partial charge in [-0.1, -0.05) is 42.5 Å². The molecular formula is C31H18N4. The number of aromatic nitrogens is 4. The van der Waals surface area contributed by atoms with E-state index in [2.05, 4.69) is 64.0 Å². The Bertz CT molecular complexity index is 2070. The molecule has 0 unspecified atom stereocenters. The highest BCUT2D eigenvalue weighted by molar-refractivity contribution is 6.12. The van der Waals surface area contributed by atoms with Crippen LogP contribution in [0.25, 0.3) is 60.7 Å². The van der Waals surface area contributed by atoms with Crippen molar-refractivity contribution in [1.82, 2.24) is 19.4 Å². The fourth-order valence-corrected chi connectivity index (χ4v) is 6.53. The lowest BCUT2D eigenvalue weighted by atomic mass is 9.95. The van der Waals surface area contributed by atoms with Crippen LogP contribution in [0.5, 0.6) is 0 Å². The van der Waals surface area contributed by atoms with Crippen molar-refractivity contribution >= 4 is 38.5 Å². The van der Waals surface area contributed by atoms with Gasteiger partial charge in [-0.25, -0.2) is 4.98 Å². The average molecular weight is 447 g/mol. The molecule has 4 aromatic heterocycles. The molecule has 4 heterocycles. The summed E-state index contributed by atoms with van der Waals surface area (Å²) in [5.74, 6) is 0. The Morgan fingerprint density at radius 1 is 0.629 bits per heavy atom. The predicted octanol–water partition coefficient (Wildman–Crippen LogP) is 6.73. The summed E-state index contributed by atoms with van der Waals surface area (Å²) in [4.78, 5) is 14.4. The zero-order chi connectivity index (χ0) is 22.7. The van der Waals surface area contributed by atoms with Crippen molar-refractivity contribution in [2.45, 2.75) is 12.8 Å². The molecule has 2 aliphatic rings. The van der Waals surface area contributed by atoms with Gasteiger partial charge in [-0.2, -0.15) is 0 Å². The lowest BCUT2D eigenvalue weighted by Gasteiger charge is -2.08. The number of hydrogen-bond acceptors (Lipinski definition) is 3. The highest BCUT2D eigenvalue weighted by Gasteiger charge is 2.30. The number of rotatable bonds is 0. The van der Waals surface area contributed by atoms with Gasteiger partial charge in [0.2, 0.25) is 0 Å². The van der Waals surface area contributed by atoms with Gasteiger partial charge >= 0.3 is 0 Å². The van der Waals surface area contributed by atoms with E-state index >= 15 is 0 Å². The van der Waals surface area contributed by atoms with E-state index in [-0.39, 0.29) is 0 Å². The van der Waals surface area contributed by atoms with Crippen molar-refractivity contribution in [1.29, 1.82) is 0 Å². The molecule has 4 nitrogen and oxygen atoms in total. The second-order valence-electron chi connectivity index (χ2n) is 9.66. The van der Waals surface area contributed by atoms with Crippen LogP contribution in [0.2, 0.25) is 0 Å².